The van der Waals surface area contributed by atoms with Crippen molar-refractivity contribution in [2.75, 3.05) is 13.2 Å². The molecule has 0 bridgehead atoms. The normalized spacial score (nSPS) is 16.3. The minimum Gasteiger partial charge on any atom is -0.394 e. The number of carbonyl (C=O) groups excluding carboxylic acids is 6. The number of amides is 6. The van der Waals surface area contributed by atoms with E-state index in [1.54, 1.807) is 12.5 Å². The maximum absolute atomic E-state index is 14.1. The largest absolute Gasteiger partial charge is 0.470 e. The van der Waals surface area contributed by atoms with Crippen LogP contribution in [0.1, 0.15) is 104 Å². The summed E-state index contributed by atoms with van der Waals surface area (Å²) in [6.07, 6.45) is 11.5. The van der Waals surface area contributed by atoms with Gasteiger partial charge in [-0.25, -0.2) is 9.55 Å². The van der Waals surface area contributed by atoms with Gasteiger partial charge in [0, 0.05) is 38.3 Å². The second-order valence-electron chi connectivity index (χ2n) is 16.5. The summed E-state index contributed by atoms with van der Waals surface area (Å²) in [5.41, 5.74) is 5.30. The maximum Gasteiger partial charge on any atom is 0.470 e. The molecule has 1 saturated heterocycles. The number of primary amides is 1. The second kappa shape index (κ2) is 24.1. The lowest BCUT2D eigenvalue weighted by Crippen LogP contribution is -2.63. The Balaban J connectivity index is 1.78. The summed E-state index contributed by atoms with van der Waals surface area (Å²) in [6.45, 7) is 7.28. The van der Waals surface area contributed by atoms with Crippen LogP contribution in [-0.4, -0.2) is 114 Å². The highest BCUT2D eigenvalue weighted by molar-refractivity contribution is 7.46. The molecule has 0 radical (unpaired) electrons. The fraction of sp³-hybridized carbons (Fsp3) is 0.634. The molecule has 3 rings (SSSR count). The van der Waals surface area contributed by atoms with E-state index < -0.39 is 79.8 Å². The average molecular weight is 877 g/mol. The number of nitrogens with two attached hydrogens (primary N) is 1. The Hall–Kier alpha value is -4.68. The molecular weight excluding hydrogens is 811 g/mol. The molecule has 9 N–H and O–H groups in total. The molecule has 340 valence electrons. The number of benzene rings is 1. The van der Waals surface area contributed by atoms with Gasteiger partial charge in [0.15, 0.2) is 0 Å². The number of hydrogen-bond donors (Lipinski definition) is 8. The summed E-state index contributed by atoms with van der Waals surface area (Å²) < 4.78 is 18.1. The Labute approximate surface area is 357 Å². The Morgan fingerprint density at radius 3 is 2.11 bits per heavy atom. The Kier molecular flexibility index (Phi) is 20.0. The monoisotopic (exact) mass is 876 g/mol. The first-order valence-electron chi connectivity index (χ1n) is 20.9. The summed E-state index contributed by atoms with van der Waals surface area (Å²) >= 11 is 0. The van der Waals surface area contributed by atoms with Crippen molar-refractivity contribution in [3.63, 3.8) is 0 Å². The van der Waals surface area contributed by atoms with Gasteiger partial charge < -0.3 is 51.4 Å². The Bertz CT molecular complexity index is 1820. The minimum absolute atomic E-state index is 0.0828. The lowest BCUT2D eigenvalue weighted by molar-refractivity contribution is -0.139. The van der Waals surface area contributed by atoms with E-state index in [9.17, 15) is 48.2 Å². The van der Waals surface area contributed by atoms with Gasteiger partial charge in [0.25, 0.3) is 0 Å². The number of aliphatic hydroxyl groups is 1. The smallest absolute Gasteiger partial charge is 0.394 e. The number of imidazole rings is 1. The molecule has 0 unspecified atom stereocenters. The highest BCUT2D eigenvalue weighted by Gasteiger charge is 2.42. The summed E-state index contributed by atoms with van der Waals surface area (Å²) in [5, 5.41) is 20.3. The van der Waals surface area contributed by atoms with Gasteiger partial charge in [0.1, 0.15) is 35.8 Å². The van der Waals surface area contributed by atoms with Gasteiger partial charge >= 0.3 is 7.82 Å². The molecule has 1 fully saturated rings. The Morgan fingerprint density at radius 1 is 0.902 bits per heavy atom. The average Bonchev–Trinajstić information content (AvgIpc) is 3.85. The molecule has 1 aromatic heterocycles. The van der Waals surface area contributed by atoms with Gasteiger partial charge in [0.2, 0.25) is 35.4 Å². The van der Waals surface area contributed by atoms with Crippen LogP contribution < -0.4 is 27.0 Å². The van der Waals surface area contributed by atoms with E-state index >= 15 is 0 Å². The molecule has 0 aliphatic carbocycles. The number of phosphoric ester groups is 1. The molecule has 5 atom stereocenters. The fourth-order valence-corrected chi connectivity index (χ4v) is 8.13. The molecule has 1 aliphatic rings. The third-order valence-electron chi connectivity index (χ3n) is 10.5. The van der Waals surface area contributed by atoms with E-state index in [1.807, 2.05) is 36.6 Å². The number of hydrogen-bond acceptors (Lipinski definition) is 10. The zero-order chi connectivity index (χ0) is 45.3. The quantitative estimate of drug-likeness (QED) is 0.0492. The molecule has 0 saturated carbocycles. The highest BCUT2D eigenvalue weighted by atomic mass is 31.2. The number of likely N-dealkylation sites (tertiary alicyclic amines) is 1. The number of rotatable bonds is 26. The van der Waals surface area contributed by atoms with Gasteiger partial charge in [-0.15, -0.1) is 0 Å². The van der Waals surface area contributed by atoms with Crippen LogP contribution in [0.3, 0.4) is 0 Å². The standard InChI is InChI=1S/C41H65N8O11P/c1-27(2)22-31(45-40(56)34-19-15-21-49(34)28(3)51)37(53)44-32(38(54)46-33(25-50)39(55)47-35(36(42)52)41(4,5)60-61(57,58)59)23-30-24-43-26-48(30)20-14-9-7-6-8-11-16-29-17-12-10-13-18-29/h10,12-13,17-18,24,26-27,31-35,50H,6-9,11,14-16,19-23,25H2,1-5H3,(H2,42,52)(H,44,53)(H,45,56)(H,46,54)(H,47,55)(H2,57,58,59)/t31-,32-,33-,34-,35+/m0/s1. The number of aromatic nitrogens is 2. The number of aliphatic hydroxyl groups excluding tert-OH is 1. The molecule has 1 aliphatic heterocycles. The predicted octanol–water partition coefficient (Wildman–Crippen LogP) is 1.37. The van der Waals surface area contributed by atoms with E-state index in [2.05, 4.69) is 38.4 Å². The van der Waals surface area contributed by atoms with Crippen molar-refractivity contribution in [3.05, 3.63) is 54.1 Å². The van der Waals surface area contributed by atoms with Gasteiger partial charge in [-0.3, -0.25) is 33.3 Å². The number of nitrogens with zero attached hydrogens (tertiary/aromatic N) is 3. The molecule has 2 aromatic rings. The molecule has 2 heterocycles. The van der Waals surface area contributed by atoms with Crippen molar-refractivity contribution < 1.29 is 52.7 Å². The van der Waals surface area contributed by atoms with Crippen molar-refractivity contribution in [3.8, 4) is 0 Å². The zero-order valence-corrected chi connectivity index (χ0v) is 36.8. The molecule has 1 aromatic carbocycles. The first-order valence-corrected chi connectivity index (χ1v) is 22.4. The molecule has 19 nitrogen and oxygen atoms in total. The van der Waals surface area contributed by atoms with E-state index in [4.69, 9.17) is 10.3 Å². The van der Waals surface area contributed by atoms with Crippen molar-refractivity contribution in [1.29, 1.82) is 0 Å². The number of aryl methyl sites for hydroxylation is 2. The Morgan fingerprint density at radius 2 is 1.51 bits per heavy atom. The number of carbonyl (C=O) groups is 6. The second-order valence-corrected chi connectivity index (χ2v) is 17.7. The van der Waals surface area contributed by atoms with Gasteiger partial charge in [0.05, 0.1) is 12.9 Å². The van der Waals surface area contributed by atoms with Crippen LogP contribution >= 0.6 is 7.82 Å². The maximum atomic E-state index is 14.1. The number of phosphoric acid groups is 1. The summed E-state index contributed by atoms with van der Waals surface area (Å²) in [4.78, 5) is 104. The van der Waals surface area contributed by atoms with E-state index in [1.165, 1.54) is 17.4 Å². The van der Waals surface area contributed by atoms with Gasteiger partial charge in [-0.2, -0.15) is 0 Å². The zero-order valence-electron chi connectivity index (χ0n) is 35.9. The lowest BCUT2D eigenvalue weighted by atomic mass is 9.98. The van der Waals surface area contributed by atoms with Crippen molar-refractivity contribution >= 4 is 43.3 Å². The predicted molar refractivity (Wildman–Crippen MR) is 225 cm³/mol. The summed E-state index contributed by atoms with van der Waals surface area (Å²) in [7, 11) is -5.17. The van der Waals surface area contributed by atoms with Crippen LogP contribution in [0.15, 0.2) is 42.9 Å². The molecule has 61 heavy (non-hydrogen) atoms. The minimum atomic E-state index is -5.17. The molecule has 0 spiro atoms. The van der Waals surface area contributed by atoms with Crippen molar-refractivity contribution in [2.45, 2.75) is 148 Å². The number of nitrogens with one attached hydrogen (secondary N) is 4. The van der Waals surface area contributed by atoms with Crippen LogP contribution in [0.25, 0.3) is 0 Å². The van der Waals surface area contributed by atoms with Gasteiger partial charge in [-0.1, -0.05) is 69.9 Å². The topological polar surface area (TPSA) is 285 Å². The lowest BCUT2D eigenvalue weighted by Gasteiger charge is -2.33. The van der Waals surface area contributed by atoms with Crippen LogP contribution in [0, 0.1) is 5.92 Å². The van der Waals surface area contributed by atoms with Crippen LogP contribution in [0.5, 0.6) is 0 Å². The van der Waals surface area contributed by atoms with E-state index in [-0.39, 0.29) is 24.7 Å². The van der Waals surface area contributed by atoms with E-state index in [0.717, 1.165) is 58.8 Å². The molecular formula is C41H65N8O11P. The van der Waals surface area contributed by atoms with Crippen molar-refractivity contribution in [2.24, 2.45) is 11.7 Å². The highest BCUT2D eigenvalue weighted by Crippen LogP contribution is 2.42. The van der Waals surface area contributed by atoms with Crippen LogP contribution in [0.4, 0.5) is 0 Å². The third-order valence-corrected chi connectivity index (χ3v) is 11.2. The third kappa shape index (κ3) is 17.0. The molecule has 20 heteroatoms. The van der Waals surface area contributed by atoms with E-state index in [0.29, 0.717) is 31.6 Å². The van der Waals surface area contributed by atoms with Crippen molar-refractivity contribution in [1.82, 2.24) is 35.7 Å². The number of unbranched alkanes of at least 4 members (excludes halogenated alkanes) is 5. The van der Waals surface area contributed by atoms with Crippen LogP contribution in [-0.2, 0) is 57.2 Å². The fourth-order valence-electron chi connectivity index (χ4n) is 7.42. The first-order chi connectivity index (χ1) is 28.7. The summed E-state index contributed by atoms with van der Waals surface area (Å²) in [5.74, 6) is -4.84. The van der Waals surface area contributed by atoms with Gasteiger partial charge in [-0.05, 0) is 63.9 Å². The first kappa shape index (κ1) is 50.7. The summed E-state index contributed by atoms with van der Waals surface area (Å²) in [6, 6.07) is 3.55. The SMILES string of the molecule is CC(=O)N1CCC[C@H]1C(=O)N[C@@H](CC(C)C)C(=O)N[C@@H](Cc1cncn1CCCCCCCCc1ccccc1)C(=O)N[C@@H](CO)C(=O)N[C@H](C(N)=O)C(C)(C)OP(=O)(O)O. The van der Waals surface area contributed by atoms with Crippen LogP contribution in [0.2, 0.25) is 0 Å². The molecule has 6 amide bonds.